The molecule has 0 radical (unpaired) electrons. The molecular weight excluding hydrogens is 238 g/mol. The zero-order chi connectivity index (χ0) is 13.7. The summed E-state index contributed by atoms with van der Waals surface area (Å²) < 4.78 is 0. The van der Waals surface area contributed by atoms with Crippen LogP contribution in [0.4, 0.5) is 0 Å². The van der Waals surface area contributed by atoms with Crippen LogP contribution in [0.25, 0.3) is 0 Å². The minimum atomic E-state index is 0.117. The van der Waals surface area contributed by atoms with E-state index < -0.39 is 0 Å². The Morgan fingerprint density at radius 1 is 1.37 bits per heavy atom. The number of nitrogens with zero attached hydrogens (tertiary/aromatic N) is 3. The van der Waals surface area contributed by atoms with Crippen LogP contribution in [0.1, 0.15) is 24.0 Å². The summed E-state index contributed by atoms with van der Waals surface area (Å²) in [7, 11) is 1.76. The van der Waals surface area contributed by atoms with E-state index in [-0.39, 0.29) is 5.91 Å². The van der Waals surface area contributed by atoms with Gasteiger partial charge in [0.1, 0.15) is 0 Å². The van der Waals surface area contributed by atoms with Crippen LogP contribution in [0.15, 0.2) is 24.3 Å². The maximum absolute atomic E-state index is 11.9. The van der Waals surface area contributed by atoms with Crippen molar-refractivity contribution in [2.45, 2.75) is 25.9 Å². The first-order valence-electron chi connectivity index (χ1n) is 6.61. The number of benzene rings is 1. The Balaban J connectivity index is 1.76. The number of fused-ring (bicyclic) bond motifs is 1. The van der Waals surface area contributed by atoms with E-state index in [1.807, 2.05) is 0 Å². The number of amides is 1. The number of rotatable bonds is 5. The van der Waals surface area contributed by atoms with Gasteiger partial charge in [0.2, 0.25) is 5.91 Å². The third kappa shape index (κ3) is 3.55. The standard InChI is InChI=1S/C15H19N3O/c1-17(9-4-8-16)15(19)7-10-18-11-13-5-2-3-6-14(13)12-18/h2-3,5-6H,4,7,9-12H2,1H3. The molecule has 4 nitrogen and oxygen atoms in total. The van der Waals surface area contributed by atoms with E-state index in [1.54, 1.807) is 11.9 Å². The van der Waals surface area contributed by atoms with Gasteiger partial charge in [-0.25, -0.2) is 0 Å². The van der Waals surface area contributed by atoms with Gasteiger partial charge in [-0.3, -0.25) is 9.69 Å². The van der Waals surface area contributed by atoms with Gasteiger partial charge in [-0.15, -0.1) is 0 Å². The highest BCUT2D eigenvalue weighted by molar-refractivity contribution is 5.76. The molecule has 1 aromatic rings. The number of nitriles is 1. The fourth-order valence-corrected chi connectivity index (χ4v) is 2.35. The summed E-state index contributed by atoms with van der Waals surface area (Å²) in [5.41, 5.74) is 2.74. The first-order chi connectivity index (χ1) is 9.20. The van der Waals surface area contributed by atoms with Crippen molar-refractivity contribution in [3.05, 3.63) is 35.4 Å². The smallest absolute Gasteiger partial charge is 0.223 e. The molecule has 1 heterocycles. The number of carbonyl (C=O) groups is 1. The first kappa shape index (κ1) is 13.6. The second-order valence-corrected chi connectivity index (χ2v) is 4.95. The zero-order valence-electron chi connectivity index (χ0n) is 11.3. The lowest BCUT2D eigenvalue weighted by atomic mass is 10.1. The Morgan fingerprint density at radius 2 is 2.00 bits per heavy atom. The molecule has 4 heteroatoms. The van der Waals surface area contributed by atoms with Crippen molar-refractivity contribution in [3.63, 3.8) is 0 Å². The van der Waals surface area contributed by atoms with Crippen LogP contribution in [-0.4, -0.2) is 35.8 Å². The highest BCUT2D eigenvalue weighted by atomic mass is 16.2. The molecule has 100 valence electrons. The minimum absolute atomic E-state index is 0.117. The van der Waals surface area contributed by atoms with Crippen molar-refractivity contribution in [2.24, 2.45) is 0 Å². The molecule has 0 fully saturated rings. The molecular formula is C15H19N3O. The van der Waals surface area contributed by atoms with Gasteiger partial charge in [-0.2, -0.15) is 5.26 Å². The summed E-state index contributed by atoms with van der Waals surface area (Å²) in [6.45, 7) is 3.18. The average molecular weight is 257 g/mol. The number of hydrogen-bond acceptors (Lipinski definition) is 3. The van der Waals surface area contributed by atoms with Gasteiger partial charge in [0.05, 0.1) is 12.5 Å². The second kappa shape index (κ2) is 6.35. The molecule has 0 unspecified atom stereocenters. The third-order valence-electron chi connectivity index (χ3n) is 3.53. The Hall–Kier alpha value is -1.86. The van der Waals surface area contributed by atoms with E-state index in [0.29, 0.717) is 19.4 Å². The summed E-state index contributed by atoms with van der Waals surface area (Å²) in [4.78, 5) is 15.8. The molecule has 0 bridgehead atoms. The molecule has 1 aromatic carbocycles. The van der Waals surface area contributed by atoms with Crippen LogP contribution in [0, 0.1) is 11.3 Å². The topological polar surface area (TPSA) is 47.3 Å². The Morgan fingerprint density at radius 3 is 2.58 bits per heavy atom. The summed E-state index contributed by atoms with van der Waals surface area (Å²) in [5.74, 6) is 0.117. The Labute approximate surface area is 114 Å². The summed E-state index contributed by atoms with van der Waals surface area (Å²) in [5, 5.41) is 8.50. The van der Waals surface area contributed by atoms with E-state index in [4.69, 9.17) is 5.26 Å². The quantitative estimate of drug-likeness (QED) is 0.807. The summed E-state index contributed by atoms with van der Waals surface area (Å²) in [6.07, 6.45) is 0.924. The molecule has 0 saturated carbocycles. The SMILES string of the molecule is CN(CCC#N)C(=O)CCN1Cc2ccccc2C1. The van der Waals surface area contributed by atoms with E-state index in [0.717, 1.165) is 19.6 Å². The molecule has 0 atom stereocenters. The maximum atomic E-state index is 11.9. The van der Waals surface area contributed by atoms with Crippen molar-refractivity contribution in [1.82, 2.24) is 9.80 Å². The van der Waals surface area contributed by atoms with Crippen LogP contribution < -0.4 is 0 Å². The average Bonchev–Trinajstić information content (AvgIpc) is 2.84. The van der Waals surface area contributed by atoms with E-state index in [2.05, 4.69) is 35.2 Å². The molecule has 0 aromatic heterocycles. The van der Waals surface area contributed by atoms with Crippen LogP contribution in [0.2, 0.25) is 0 Å². The van der Waals surface area contributed by atoms with Gasteiger partial charge < -0.3 is 4.90 Å². The lowest BCUT2D eigenvalue weighted by molar-refractivity contribution is -0.130. The lowest BCUT2D eigenvalue weighted by Gasteiger charge is -2.18. The van der Waals surface area contributed by atoms with Crippen molar-refractivity contribution in [1.29, 1.82) is 5.26 Å². The maximum Gasteiger partial charge on any atom is 0.223 e. The number of hydrogen-bond donors (Lipinski definition) is 0. The zero-order valence-corrected chi connectivity index (χ0v) is 11.3. The third-order valence-corrected chi connectivity index (χ3v) is 3.53. The largest absolute Gasteiger partial charge is 0.345 e. The highest BCUT2D eigenvalue weighted by Crippen LogP contribution is 2.22. The highest BCUT2D eigenvalue weighted by Gasteiger charge is 2.19. The van der Waals surface area contributed by atoms with Gasteiger partial charge in [0, 0.05) is 39.6 Å². The molecule has 0 spiro atoms. The molecule has 0 N–H and O–H groups in total. The van der Waals surface area contributed by atoms with Gasteiger partial charge in [-0.1, -0.05) is 24.3 Å². The molecule has 0 aliphatic carbocycles. The van der Waals surface area contributed by atoms with Gasteiger partial charge in [0.15, 0.2) is 0 Å². The van der Waals surface area contributed by atoms with Crippen LogP contribution >= 0.6 is 0 Å². The molecule has 1 aliphatic heterocycles. The summed E-state index contributed by atoms with van der Waals surface area (Å²) in [6, 6.07) is 10.5. The van der Waals surface area contributed by atoms with Crippen molar-refractivity contribution >= 4 is 5.91 Å². The van der Waals surface area contributed by atoms with Crippen molar-refractivity contribution in [3.8, 4) is 6.07 Å². The second-order valence-electron chi connectivity index (χ2n) is 4.95. The van der Waals surface area contributed by atoms with Gasteiger partial charge >= 0.3 is 0 Å². The molecule has 0 saturated heterocycles. The molecule has 2 rings (SSSR count). The van der Waals surface area contributed by atoms with E-state index >= 15 is 0 Å². The number of carbonyl (C=O) groups excluding carboxylic acids is 1. The van der Waals surface area contributed by atoms with Crippen molar-refractivity contribution in [2.75, 3.05) is 20.1 Å². The van der Waals surface area contributed by atoms with Crippen LogP contribution in [0.5, 0.6) is 0 Å². The van der Waals surface area contributed by atoms with E-state index in [1.165, 1.54) is 11.1 Å². The Kier molecular flexibility index (Phi) is 4.53. The predicted molar refractivity (Wildman–Crippen MR) is 73.0 cm³/mol. The Bertz CT molecular complexity index is 467. The molecule has 1 amide bonds. The summed E-state index contributed by atoms with van der Waals surface area (Å²) >= 11 is 0. The fraction of sp³-hybridized carbons (Fsp3) is 0.467. The van der Waals surface area contributed by atoms with Gasteiger partial charge in [0.25, 0.3) is 0 Å². The lowest BCUT2D eigenvalue weighted by Crippen LogP contribution is -2.31. The van der Waals surface area contributed by atoms with E-state index in [9.17, 15) is 4.79 Å². The minimum Gasteiger partial charge on any atom is -0.345 e. The fourth-order valence-electron chi connectivity index (χ4n) is 2.35. The normalized spacial score (nSPS) is 13.9. The van der Waals surface area contributed by atoms with Crippen molar-refractivity contribution < 1.29 is 4.79 Å². The molecule has 1 aliphatic rings. The first-order valence-corrected chi connectivity index (χ1v) is 6.61. The predicted octanol–water partition coefficient (Wildman–Crippen LogP) is 1.76. The van der Waals surface area contributed by atoms with Gasteiger partial charge in [-0.05, 0) is 11.1 Å². The van der Waals surface area contributed by atoms with Crippen LogP contribution in [-0.2, 0) is 17.9 Å². The monoisotopic (exact) mass is 257 g/mol. The van der Waals surface area contributed by atoms with Crippen LogP contribution in [0.3, 0.4) is 0 Å². The molecule has 19 heavy (non-hydrogen) atoms.